The Balaban J connectivity index is 1.68. The molecule has 5 N–H and O–H groups in total. The van der Waals surface area contributed by atoms with E-state index < -0.39 is 0 Å². The van der Waals surface area contributed by atoms with Gasteiger partial charge in [-0.1, -0.05) is 0 Å². The second-order valence-corrected chi connectivity index (χ2v) is 5.72. The van der Waals surface area contributed by atoms with Crippen molar-refractivity contribution < 1.29 is 9.53 Å². The van der Waals surface area contributed by atoms with Gasteiger partial charge in [0.15, 0.2) is 0 Å². The van der Waals surface area contributed by atoms with Crippen LogP contribution in [0, 0.1) is 6.92 Å². The van der Waals surface area contributed by atoms with Crippen molar-refractivity contribution in [2.45, 2.75) is 6.92 Å². The van der Waals surface area contributed by atoms with Crippen molar-refractivity contribution in [1.29, 1.82) is 0 Å². The Labute approximate surface area is 146 Å². The Bertz CT molecular complexity index is 888. The molecule has 5 nitrogen and oxygen atoms in total. The quantitative estimate of drug-likeness (QED) is 0.624. The monoisotopic (exact) mass is 333 g/mol. The zero-order valence-corrected chi connectivity index (χ0v) is 13.8. The number of nitrogens with one attached hydrogen (secondary N) is 1. The normalized spacial score (nSPS) is 10.3. The van der Waals surface area contributed by atoms with Crippen molar-refractivity contribution in [2.24, 2.45) is 0 Å². The zero-order valence-electron chi connectivity index (χ0n) is 13.8. The average molecular weight is 333 g/mol. The highest BCUT2D eigenvalue weighted by atomic mass is 16.5. The first-order valence-electron chi connectivity index (χ1n) is 7.82. The molecule has 25 heavy (non-hydrogen) atoms. The Hall–Kier alpha value is -3.47. The lowest BCUT2D eigenvalue weighted by atomic mass is 10.1. The second kappa shape index (κ2) is 6.97. The zero-order chi connectivity index (χ0) is 17.8. The molecule has 3 rings (SSSR count). The summed E-state index contributed by atoms with van der Waals surface area (Å²) in [6.07, 6.45) is 0. The number of nitrogen functional groups attached to an aromatic ring is 2. The molecule has 0 spiro atoms. The molecule has 0 aliphatic heterocycles. The van der Waals surface area contributed by atoms with Crippen molar-refractivity contribution in [3.8, 4) is 11.5 Å². The number of ether oxygens (including phenoxy) is 1. The molecule has 3 aromatic carbocycles. The van der Waals surface area contributed by atoms with E-state index in [1.807, 2.05) is 13.0 Å². The van der Waals surface area contributed by atoms with E-state index in [1.165, 1.54) is 0 Å². The smallest absolute Gasteiger partial charge is 0.255 e. The fourth-order valence-corrected chi connectivity index (χ4v) is 2.37. The predicted molar refractivity (Wildman–Crippen MR) is 101 cm³/mol. The Morgan fingerprint density at radius 2 is 1.40 bits per heavy atom. The number of hydrogen-bond donors (Lipinski definition) is 3. The van der Waals surface area contributed by atoms with Crippen LogP contribution in [0.4, 0.5) is 17.1 Å². The largest absolute Gasteiger partial charge is 0.457 e. The number of amides is 1. The lowest BCUT2D eigenvalue weighted by molar-refractivity contribution is 0.102. The molecule has 126 valence electrons. The van der Waals surface area contributed by atoms with Gasteiger partial charge in [-0.2, -0.15) is 0 Å². The Morgan fingerprint density at radius 1 is 0.840 bits per heavy atom. The molecule has 0 bridgehead atoms. The summed E-state index contributed by atoms with van der Waals surface area (Å²) in [7, 11) is 0. The van der Waals surface area contributed by atoms with Crippen LogP contribution in [0.25, 0.3) is 0 Å². The van der Waals surface area contributed by atoms with E-state index in [0.717, 1.165) is 11.3 Å². The van der Waals surface area contributed by atoms with E-state index >= 15 is 0 Å². The third kappa shape index (κ3) is 4.09. The molecule has 0 radical (unpaired) electrons. The summed E-state index contributed by atoms with van der Waals surface area (Å²) in [5.41, 5.74) is 14.9. The van der Waals surface area contributed by atoms with E-state index in [1.54, 1.807) is 60.7 Å². The molecule has 0 aromatic heterocycles. The lowest BCUT2D eigenvalue weighted by Gasteiger charge is -2.10. The third-order valence-corrected chi connectivity index (χ3v) is 3.73. The standard InChI is InChI=1S/C20H19N3O2/c1-13-12-16(22)6-11-19(13)23-20(24)14-2-7-17(8-3-14)25-18-9-4-15(21)5-10-18/h2-12H,21-22H2,1H3,(H,23,24). The van der Waals surface area contributed by atoms with Crippen LogP contribution in [0.1, 0.15) is 15.9 Å². The van der Waals surface area contributed by atoms with Crippen molar-refractivity contribution in [3.05, 3.63) is 77.9 Å². The van der Waals surface area contributed by atoms with Crippen LogP contribution in [0.3, 0.4) is 0 Å². The van der Waals surface area contributed by atoms with E-state index in [-0.39, 0.29) is 5.91 Å². The summed E-state index contributed by atoms with van der Waals surface area (Å²) in [4.78, 5) is 12.4. The van der Waals surface area contributed by atoms with Crippen LogP contribution < -0.4 is 21.5 Å². The van der Waals surface area contributed by atoms with Crippen molar-refractivity contribution in [2.75, 3.05) is 16.8 Å². The van der Waals surface area contributed by atoms with Crippen LogP contribution in [-0.2, 0) is 0 Å². The lowest BCUT2D eigenvalue weighted by Crippen LogP contribution is -2.12. The Morgan fingerprint density at radius 3 is 2.00 bits per heavy atom. The van der Waals surface area contributed by atoms with Crippen molar-refractivity contribution in [1.82, 2.24) is 0 Å². The number of nitrogens with two attached hydrogens (primary N) is 2. The first-order valence-corrected chi connectivity index (χ1v) is 7.82. The summed E-state index contributed by atoms with van der Waals surface area (Å²) in [6.45, 7) is 1.90. The van der Waals surface area contributed by atoms with Crippen molar-refractivity contribution >= 4 is 23.0 Å². The maximum absolute atomic E-state index is 12.4. The van der Waals surface area contributed by atoms with E-state index in [9.17, 15) is 4.79 Å². The second-order valence-electron chi connectivity index (χ2n) is 5.72. The van der Waals surface area contributed by atoms with Gasteiger partial charge >= 0.3 is 0 Å². The van der Waals surface area contributed by atoms with Gasteiger partial charge in [0.1, 0.15) is 11.5 Å². The predicted octanol–water partition coefficient (Wildman–Crippen LogP) is 4.20. The van der Waals surface area contributed by atoms with Crippen LogP contribution in [0.15, 0.2) is 66.7 Å². The number of carbonyl (C=O) groups excluding carboxylic acids is 1. The SMILES string of the molecule is Cc1cc(N)ccc1NC(=O)c1ccc(Oc2ccc(N)cc2)cc1. The van der Waals surface area contributed by atoms with Crippen LogP contribution in [0.5, 0.6) is 11.5 Å². The van der Waals surface area contributed by atoms with Gasteiger partial charge in [0.2, 0.25) is 0 Å². The fourth-order valence-electron chi connectivity index (χ4n) is 2.37. The molecule has 3 aromatic rings. The Kier molecular flexibility index (Phi) is 4.57. The van der Waals surface area contributed by atoms with Gasteiger partial charge in [-0.15, -0.1) is 0 Å². The molecular formula is C20H19N3O2. The highest BCUT2D eigenvalue weighted by Gasteiger charge is 2.08. The van der Waals surface area contributed by atoms with E-state index in [2.05, 4.69) is 5.32 Å². The van der Waals surface area contributed by atoms with Crippen LogP contribution in [-0.4, -0.2) is 5.91 Å². The van der Waals surface area contributed by atoms with Gasteiger partial charge in [0.25, 0.3) is 5.91 Å². The van der Waals surface area contributed by atoms with Gasteiger partial charge in [0.05, 0.1) is 0 Å². The first-order chi connectivity index (χ1) is 12.0. The summed E-state index contributed by atoms with van der Waals surface area (Å²) < 4.78 is 5.72. The minimum absolute atomic E-state index is 0.188. The minimum Gasteiger partial charge on any atom is -0.457 e. The molecule has 0 fully saturated rings. The van der Waals surface area contributed by atoms with Gasteiger partial charge in [-0.3, -0.25) is 4.79 Å². The van der Waals surface area contributed by atoms with Gasteiger partial charge in [-0.25, -0.2) is 0 Å². The number of rotatable bonds is 4. The molecule has 0 heterocycles. The number of carbonyl (C=O) groups is 1. The van der Waals surface area contributed by atoms with Gasteiger partial charge in [-0.05, 0) is 79.2 Å². The molecule has 5 heteroatoms. The minimum atomic E-state index is -0.188. The van der Waals surface area contributed by atoms with Gasteiger partial charge in [0, 0.05) is 22.6 Å². The van der Waals surface area contributed by atoms with Crippen LogP contribution in [0.2, 0.25) is 0 Å². The summed E-state index contributed by atoms with van der Waals surface area (Å²) >= 11 is 0. The summed E-state index contributed by atoms with van der Waals surface area (Å²) in [5.74, 6) is 1.14. The molecule has 1 amide bonds. The van der Waals surface area contributed by atoms with Crippen LogP contribution >= 0.6 is 0 Å². The molecule has 0 aliphatic rings. The average Bonchev–Trinajstić information content (AvgIpc) is 2.60. The number of benzene rings is 3. The highest BCUT2D eigenvalue weighted by Crippen LogP contribution is 2.23. The van der Waals surface area contributed by atoms with Gasteiger partial charge < -0.3 is 21.5 Å². The van der Waals surface area contributed by atoms with E-state index in [4.69, 9.17) is 16.2 Å². The maximum atomic E-state index is 12.4. The number of anilines is 3. The molecule has 0 saturated heterocycles. The maximum Gasteiger partial charge on any atom is 0.255 e. The molecule has 0 unspecified atom stereocenters. The number of aryl methyl sites for hydroxylation is 1. The summed E-state index contributed by atoms with van der Waals surface area (Å²) in [5, 5.41) is 2.88. The fraction of sp³-hybridized carbons (Fsp3) is 0.0500. The third-order valence-electron chi connectivity index (χ3n) is 3.73. The highest BCUT2D eigenvalue weighted by molar-refractivity contribution is 6.04. The van der Waals surface area contributed by atoms with E-state index in [0.29, 0.717) is 28.4 Å². The molecule has 0 atom stereocenters. The molecular weight excluding hydrogens is 314 g/mol. The first kappa shape index (κ1) is 16.4. The van der Waals surface area contributed by atoms with Crippen molar-refractivity contribution in [3.63, 3.8) is 0 Å². The topological polar surface area (TPSA) is 90.4 Å². The molecule has 0 saturated carbocycles. The molecule has 0 aliphatic carbocycles. The summed E-state index contributed by atoms with van der Waals surface area (Å²) in [6, 6.07) is 19.4. The number of hydrogen-bond acceptors (Lipinski definition) is 4.